The first-order valence-corrected chi connectivity index (χ1v) is 13.9. The number of ketones is 1. The van der Waals surface area contributed by atoms with Gasteiger partial charge >= 0.3 is 0 Å². The van der Waals surface area contributed by atoms with Crippen LogP contribution in [0.3, 0.4) is 0 Å². The number of hydrogen-bond donors (Lipinski definition) is 0. The molecule has 36 heavy (non-hydrogen) atoms. The molecule has 0 saturated carbocycles. The number of imidazole rings is 1. The molecule has 0 atom stereocenters. The van der Waals surface area contributed by atoms with Gasteiger partial charge in [-0.25, -0.2) is 13.4 Å². The normalized spacial score (nSPS) is 11.6. The molecule has 0 aliphatic heterocycles. The second-order valence-electron chi connectivity index (χ2n) is 8.10. The van der Waals surface area contributed by atoms with E-state index in [1.54, 1.807) is 59.2 Å². The van der Waals surface area contributed by atoms with Crippen molar-refractivity contribution in [1.82, 2.24) is 9.55 Å². The van der Waals surface area contributed by atoms with Gasteiger partial charge in [0.05, 0.1) is 37.9 Å². The molecule has 0 fully saturated rings. The lowest BCUT2D eigenvalue weighted by Crippen LogP contribution is -2.00. The summed E-state index contributed by atoms with van der Waals surface area (Å²) >= 11 is 19.6. The third-order valence-corrected chi connectivity index (χ3v) is 7.56. The minimum Gasteiger partial charge on any atom is -0.297 e. The van der Waals surface area contributed by atoms with Gasteiger partial charge in [-0.15, -0.1) is 0 Å². The maximum Gasteiger partial charge on any atom is 0.182 e. The molecule has 0 saturated heterocycles. The van der Waals surface area contributed by atoms with Gasteiger partial charge in [-0.05, 0) is 53.9 Å². The zero-order valence-corrected chi connectivity index (χ0v) is 22.1. The molecule has 10 heteroatoms. The summed E-state index contributed by atoms with van der Waals surface area (Å²) in [6.45, 7) is -0.608. The number of Topliss-reactive ketones (excluding diaryl/α,β-unsaturated/α-hetero) is 1. The lowest BCUT2D eigenvalue weighted by atomic mass is 10.1. The number of sulfone groups is 1. The minimum absolute atomic E-state index is 0.00650. The summed E-state index contributed by atoms with van der Waals surface area (Å²) in [6, 6.07) is 16.8. The van der Waals surface area contributed by atoms with Crippen LogP contribution in [0.1, 0.15) is 23.3 Å². The number of carbonyl (C=O) groups excluding carboxylic acids is 1. The third kappa shape index (κ3) is 5.49. The predicted molar refractivity (Wildman–Crippen MR) is 142 cm³/mol. The van der Waals surface area contributed by atoms with E-state index in [0.717, 1.165) is 6.26 Å². The molecule has 0 spiro atoms. The first-order valence-electron chi connectivity index (χ1n) is 10.8. The molecule has 0 amide bonds. The Kier molecular flexibility index (Phi) is 7.85. The number of nitrogens with zero attached hydrogens (tertiary/aromatic N) is 2. The second kappa shape index (κ2) is 10.7. The first-order chi connectivity index (χ1) is 17.1. The van der Waals surface area contributed by atoms with E-state index < -0.39 is 16.5 Å². The number of halogens is 4. The van der Waals surface area contributed by atoms with E-state index in [2.05, 4.69) is 4.98 Å². The van der Waals surface area contributed by atoms with Crippen LogP contribution in [0, 0.1) is 0 Å². The lowest BCUT2D eigenvalue weighted by Gasteiger charge is -2.13. The van der Waals surface area contributed by atoms with Crippen LogP contribution in [0.15, 0.2) is 71.8 Å². The zero-order valence-electron chi connectivity index (χ0n) is 19.0. The summed E-state index contributed by atoms with van der Waals surface area (Å²) < 4.78 is 38.2. The maximum absolute atomic E-state index is 12.6. The molecule has 5 nitrogen and oxygen atoms in total. The van der Waals surface area contributed by atoms with Crippen LogP contribution < -0.4 is 0 Å². The molecule has 4 rings (SSSR count). The van der Waals surface area contributed by atoms with E-state index in [1.165, 1.54) is 12.3 Å². The van der Waals surface area contributed by atoms with Crippen molar-refractivity contribution in [1.29, 1.82) is 0 Å². The smallest absolute Gasteiger partial charge is 0.182 e. The van der Waals surface area contributed by atoms with Crippen molar-refractivity contribution < 1.29 is 17.6 Å². The summed E-state index contributed by atoms with van der Waals surface area (Å²) in [5.74, 6) is -0.0101. The van der Waals surface area contributed by atoms with Crippen molar-refractivity contribution in [3.05, 3.63) is 87.6 Å². The Balaban J connectivity index is 1.85. The van der Waals surface area contributed by atoms with E-state index in [9.17, 15) is 17.6 Å². The quantitative estimate of drug-likeness (QED) is 0.207. The van der Waals surface area contributed by atoms with Crippen molar-refractivity contribution in [3.63, 3.8) is 0 Å². The number of carbonyl (C=O) groups is 1. The van der Waals surface area contributed by atoms with E-state index in [1.807, 2.05) is 0 Å². The molecular formula is C26H20Cl3FN2O3S. The fourth-order valence-electron chi connectivity index (χ4n) is 3.73. The van der Waals surface area contributed by atoms with E-state index in [0.29, 0.717) is 43.3 Å². The molecule has 0 N–H and O–H groups in total. The zero-order chi connectivity index (χ0) is 26.0. The third-order valence-electron chi connectivity index (χ3n) is 5.52. The molecule has 0 unspecified atom stereocenters. The van der Waals surface area contributed by atoms with Crippen LogP contribution in [0.2, 0.25) is 15.1 Å². The maximum atomic E-state index is 12.6. The predicted octanol–water partition coefficient (Wildman–Crippen LogP) is 7.50. The topological polar surface area (TPSA) is 69.0 Å². The van der Waals surface area contributed by atoms with Gasteiger partial charge in [0.15, 0.2) is 15.6 Å². The molecule has 0 bridgehead atoms. The highest BCUT2D eigenvalue weighted by atomic mass is 35.5. The average Bonchev–Trinajstić information content (AvgIpc) is 3.26. The van der Waals surface area contributed by atoms with E-state index in [4.69, 9.17) is 34.8 Å². The van der Waals surface area contributed by atoms with Gasteiger partial charge in [-0.1, -0.05) is 59.1 Å². The van der Waals surface area contributed by atoms with Crippen LogP contribution in [0.4, 0.5) is 4.39 Å². The van der Waals surface area contributed by atoms with Crippen LogP contribution in [-0.2, 0) is 9.84 Å². The first kappa shape index (κ1) is 26.4. The summed E-state index contributed by atoms with van der Waals surface area (Å²) in [5.41, 5.74) is 2.43. The van der Waals surface area contributed by atoms with Gasteiger partial charge in [0, 0.05) is 18.9 Å². The van der Waals surface area contributed by atoms with Crippen LogP contribution in [-0.4, -0.2) is 36.7 Å². The average molecular weight is 566 g/mol. The Hall–Kier alpha value is -2.71. The number of hydrogen-bond acceptors (Lipinski definition) is 4. The summed E-state index contributed by atoms with van der Waals surface area (Å²) in [5, 5.41) is 0.992. The Bertz CT molecular complexity index is 1550. The van der Waals surface area contributed by atoms with Crippen molar-refractivity contribution in [2.75, 3.05) is 12.9 Å². The number of rotatable bonds is 8. The number of aromatic nitrogens is 2. The van der Waals surface area contributed by atoms with Gasteiger partial charge in [0.1, 0.15) is 11.5 Å². The van der Waals surface area contributed by atoms with Gasteiger partial charge < -0.3 is 0 Å². The van der Waals surface area contributed by atoms with Crippen LogP contribution >= 0.6 is 34.8 Å². The highest BCUT2D eigenvalue weighted by Gasteiger charge is 2.22. The van der Waals surface area contributed by atoms with Crippen molar-refractivity contribution in [2.45, 2.75) is 17.7 Å². The number of alkyl halides is 1. The molecule has 1 heterocycles. The minimum atomic E-state index is -3.38. The molecule has 1 aromatic heterocycles. The molecule has 0 aliphatic carbocycles. The Morgan fingerprint density at radius 1 is 0.944 bits per heavy atom. The molecular weight excluding hydrogens is 546 g/mol. The summed E-state index contributed by atoms with van der Waals surface area (Å²) in [6.07, 6.45) is 2.78. The highest BCUT2D eigenvalue weighted by molar-refractivity contribution is 7.90. The highest BCUT2D eigenvalue weighted by Crippen LogP contribution is 2.37. The van der Waals surface area contributed by atoms with Crippen molar-refractivity contribution in [2.24, 2.45) is 0 Å². The van der Waals surface area contributed by atoms with Crippen LogP contribution in [0.25, 0.3) is 28.2 Å². The van der Waals surface area contributed by atoms with Crippen LogP contribution in [0.5, 0.6) is 0 Å². The Morgan fingerprint density at radius 2 is 1.61 bits per heavy atom. The Morgan fingerprint density at radius 3 is 2.25 bits per heavy atom. The molecule has 0 radical (unpaired) electrons. The fraction of sp³-hybridized carbons (Fsp3) is 0.154. The van der Waals surface area contributed by atoms with E-state index in [-0.39, 0.29) is 29.2 Å². The molecule has 0 aliphatic rings. The Labute approximate surface area is 223 Å². The van der Waals surface area contributed by atoms with Crippen molar-refractivity contribution >= 4 is 50.4 Å². The summed E-state index contributed by atoms with van der Waals surface area (Å²) in [4.78, 5) is 17.3. The summed E-state index contributed by atoms with van der Waals surface area (Å²) in [7, 11) is -3.38. The molecule has 4 aromatic rings. The monoisotopic (exact) mass is 564 g/mol. The second-order valence-corrected chi connectivity index (χ2v) is 11.3. The lowest BCUT2D eigenvalue weighted by molar-refractivity contribution is 0.0972. The standard InChI is InChI=1S/C26H20Cl3FN2O3S/c1-36(34,35)18-6-2-5-16(13-18)17-10-11-23(21(29)14-17)32-15-22(24(33)9-4-12-30)31-26(32)25-19(27)7-3-8-20(25)28/h2-3,5-8,10-11,13-15H,4,9,12H2,1H3. The largest absolute Gasteiger partial charge is 0.297 e. The van der Waals surface area contributed by atoms with Gasteiger partial charge in [0.2, 0.25) is 0 Å². The molecule has 3 aromatic carbocycles. The van der Waals surface area contributed by atoms with Gasteiger partial charge in [0.25, 0.3) is 0 Å². The van der Waals surface area contributed by atoms with E-state index >= 15 is 0 Å². The van der Waals surface area contributed by atoms with Gasteiger partial charge in [-0.2, -0.15) is 0 Å². The van der Waals surface area contributed by atoms with Crippen molar-refractivity contribution in [3.8, 4) is 28.2 Å². The molecule has 186 valence electrons. The SMILES string of the molecule is CS(=O)(=O)c1cccc(-c2ccc(-n3cc(C(=O)CCCF)nc3-c3c(Cl)cccc3Cl)c(Cl)c2)c1. The van der Waals surface area contributed by atoms with Gasteiger partial charge in [-0.3, -0.25) is 13.8 Å². The number of benzene rings is 3. The fourth-order valence-corrected chi connectivity index (χ4v) is 5.23.